The Morgan fingerprint density at radius 3 is 3.31 bits per heavy atom. The maximum atomic E-state index is 5.36. The van der Waals surface area contributed by atoms with Gasteiger partial charge in [0.05, 0.1) is 17.3 Å². The van der Waals surface area contributed by atoms with Crippen molar-refractivity contribution in [2.75, 3.05) is 5.75 Å². The molecule has 0 fully saturated rings. The minimum absolute atomic E-state index is 0.820. The van der Waals surface area contributed by atoms with Crippen LogP contribution >= 0.6 is 11.8 Å². The molecule has 0 unspecified atom stereocenters. The standard InChI is InChI=1S/C11H9N3OS/c1-2-5-16-11-9-6-10-8(3-4-15-10)14(9)7-12-13-11/h2-4,6-7H,1,5H2. The molecule has 0 amide bonds. The van der Waals surface area contributed by atoms with Crippen LogP contribution in [0, 0.1) is 0 Å². The van der Waals surface area contributed by atoms with Gasteiger partial charge in [-0.1, -0.05) is 17.8 Å². The van der Waals surface area contributed by atoms with Gasteiger partial charge in [0.25, 0.3) is 0 Å². The van der Waals surface area contributed by atoms with Crippen LogP contribution in [0.4, 0.5) is 0 Å². The second kappa shape index (κ2) is 3.68. The van der Waals surface area contributed by atoms with Gasteiger partial charge in [-0.2, -0.15) is 0 Å². The summed E-state index contributed by atoms with van der Waals surface area (Å²) in [6, 6.07) is 3.90. The fraction of sp³-hybridized carbons (Fsp3) is 0.0909. The number of aromatic nitrogens is 3. The van der Waals surface area contributed by atoms with E-state index in [1.165, 1.54) is 0 Å². The lowest BCUT2D eigenvalue weighted by Crippen LogP contribution is -1.93. The number of rotatable bonds is 3. The van der Waals surface area contributed by atoms with Crippen molar-refractivity contribution in [3.63, 3.8) is 0 Å². The van der Waals surface area contributed by atoms with E-state index in [0.29, 0.717) is 0 Å². The molecule has 3 rings (SSSR count). The molecule has 0 saturated heterocycles. The van der Waals surface area contributed by atoms with Crippen molar-refractivity contribution >= 4 is 28.4 Å². The molecule has 3 aromatic rings. The normalized spacial score (nSPS) is 11.2. The molecule has 0 radical (unpaired) electrons. The Morgan fingerprint density at radius 2 is 2.44 bits per heavy atom. The minimum Gasteiger partial charge on any atom is -0.463 e. The third-order valence-corrected chi connectivity index (χ3v) is 3.30. The molecule has 0 aromatic carbocycles. The molecule has 0 spiro atoms. The number of fused-ring (bicyclic) bond motifs is 3. The van der Waals surface area contributed by atoms with Crippen LogP contribution in [0.1, 0.15) is 0 Å². The van der Waals surface area contributed by atoms with Crippen molar-refractivity contribution in [3.05, 3.63) is 37.4 Å². The lowest BCUT2D eigenvalue weighted by atomic mass is 10.5. The van der Waals surface area contributed by atoms with E-state index in [1.807, 2.05) is 22.6 Å². The van der Waals surface area contributed by atoms with E-state index in [9.17, 15) is 0 Å². The SMILES string of the molecule is C=CCSc1nncn2c1cc1occc12. The summed E-state index contributed by atoms with van der Waals surface area (Å²) >= 11 is 1.61. The van der Waals surface area contributed by atoms with E-state index < -0.39 is 0 Å². The van der Waals surface area contributed by atoms with E-state index in [-0.39, 0.29) is 0 Å². The van der Waals surface area contributed by atoms with Crippen LogP contribution in [-0.4, -0.2) is 20.4 Å². The minimum atomic E-state index is 0.820. The molecule has 0 N–H and O–H groups in total. The summed E-state index contributed by atoms with van der Waals surface area (Å²) in [5.74, 6) is 0.820. The molecule has 80 valence electrons. The van der Waals surface area contributed by atoms with Crippen LogP contribution in [0.5, 0.6) is 0 Å². The largest absolute Gasteiger partial charge is 0.463 e. The van der Waals surface area contributed by atoms with Crippen molar-refractivity contribution in [1.29, 1.82) is 0 Å². The van der Waals surface area contributed by atoms with Crippen LogP contribution < -0.4 is 0 Å². The Balaban J connectivity index is 2.24. The molecule has 0 atom stereocenters. The van der Waals surface area contributed by atoms with Gasteiger partial charge in [0, 0.05) is 17.9 Å². The summed E-state index contributed by atoms with van der Waals surface area (Å²) in [5.41, 5.74) is 2.90. The van der Waals surface area contributed by atoms with Gasteiger partial charge in [-0.25, -0.2) is 0 Å². The average molecular weight is 231 g/mol. The van der Waals surface area contributed by atoms with Crippen molar-refractivity contribution in [2.45, 2.75) is 5.03 Å². The molecule has 5 heteroatoms. The Bertz CT molecular complexity index is 655. The number of hydrogen-bond acceptors (Lipinski definition) is 4. The zero-order valence-electron chi connectivity index (χ0n) is 8.46. The van der Waals surface area contributed by atoms with E-state index in [0.717, 1.165) is 27.4 Å². The summed E-state index contributed by atoms with van der Waals surface area (Å²) in [5, 5.41) is 9.00. The topological polar surface area (TPSA) is 43.3 Å². The summed E-state index contributed by atoms with van der Waals surface area (Å²) in [4.78, 5) is 0. The fourth-order valence-corrected chi connectivity index (χ4v) is 2.34. The molecule has 3 aromatic heterocycles. The highest BCUT2D eigenvalue weighted by Gasteiger charge is 2.10. The van der Waals surface area contributed by atoms with E-state index in [2.05, 4.69) is 16.8 Å². The first-order valence-corrected chi connectivity index (χ1v) is 5.82. The van der Waals surface area contributed by atoms with Crippen molar-refractivity contribution in [3.8, 4) is 0 Å². The van der Waals surface area contributed by atoms with Crippen LogP contribution in [-0.2, 0) is 0 Å². The molecule has 0 aliphatic carbocycles. The highest BCUT2D eigenvalue weighted by molar-refractivity contribution is 7.99. The van der Waals surface area contributed by atoms with Gasteiger partial charge in [-0.05, 0) is 0 Å². The van der Waals surface area contributed by atoms with Gasteiger partial charge >= 0.3 is 0 Å². The molecular weight excluding hydrogens is 222 g/mol. The molecule has 0 bridgehead atoms. The molecule has 0 saturated carbocycles. The highest BCUT2D eigenvalue weighted by atomic mass is 32.2. The first-order chi connectivity index (χ1) is 7.90. The van der Waals surface area contributed by atoms with Crippen molar-refractivity contribution in [2.24, 2.45) is 0 Å². The first-order valence-electron chi connectivity index (χ1n) is 4.84. The van der Waals surface area contributed by atoms with E-state index >= 15 is 0 Å². The number of nitrogens with zero attached hydrogens (tertiary/aromatic N) is 3. The number of thioether (sulfide) groups is 1. The molecule has 0 aliphatic heterocycles. The molecule has 3 heterocycles. The zero-order chi connectivity index (χ0) is 11.0. The quantitative estimate of drug-likeness (QED) is 0.513. The van der Waals surface area contributed by atoms with Crippen molar-refractivity contribution in [1.82, 2.24) is 14.6 Å². The lowest BCUT2D eigenvalue weighted by Gasteiger charge is -1.99. The molecule has 4 nitrogen and oxygen atoms in total. The molecule has 0 aliphatic rings. The van der Waals surface area contributed by atoms with Gasteiger partial charge in [-0.15, -0.1) is 16.8 Å². The summed E-state index contributed by atoms with van der Waals surface area (Å²) in [6.45, 7) is 3.69. The second-order valence-corrected chi connectivity index (χ2v) is 4.31. The van der Waals surface area contributed by atoms with Crippen LogP contribution in [0.15, 0.2) is 46.8 Å². The van der Waals surface area contributed by atoms with Gasteiger partial charge in [-0.3, -0.25) is 4.40 Å². The predicted octanol–water partition coefficient (Wildman–Crippen LogP) is 2.75. The molecular formula is C11H9N3OS. The highest BCUT2D eigenvalue weighted by Crippen LogP contribution is 2.27. The maximum absolute atomic E-state index is 5.36. The summed E-state index contributed by atoms with van der Waals surface area (Å²) in [6.07, 6.45) is 5.22. The predicted molar refractivity (Wildman–Crippen MR) is 63.7 cm³/mol. The maximum Gasteiger partial charge on any atom is 0.152 e. The second-order valence-electron chi connectivity index (χ2n) is 3.31. The van der Waals surface area contributed by atoms with E-state index in [4.69, 9.17) is 4.42 Å². The number of hydrogen-bond donors (Lipinski definition) is 0. The van der Waals surface area contributed by atoms with Gasteiger partial charge in [0.2, 0.25) is 0 Å². The van der Waals surface area contributed by atoms with Crippen LogP contribution in [0.3, 0.4) is 0 Å². The van der Waals surface area contributed by atoms with Gasteiger partial charge < -0.3 is 4.42 Å². The Kier molecular flexibility index (Phi) is 2.18. The lowest BCUT2D eigenvalue weighted by molar-refractivity contribution is 0.616. The Hall–Kier alpha value is -1.75. The number of furan rings is 1. The van der Waals surface area contributed by atoms with Crippen LogP contribution in [0.25, 0.3) is 16.6 Å². The van der Waals surface area contributed by atoms with Gasteiger partial charge in [0.15, 0.2) is 5.58 Å². The average Bonchev–Trinajstić information content (AvgIpc) is 2.86. The monoisotopic (exact) mass is 231 g/mol. The van der Waals surface area contributed by atoms with E-state index in [1.54, 1.807) is 24.4 Å². The molecule has 16 heavy (non-hydrogen) atoms. The van der Waals surface area contributed by atoms with Gasteiger partial charge in [0.1, 0.15) is 11.4 Å². The smallest absolute Gasteiger partial charge is 0.152 e. The summed E-state index contributed by atoms with van der Waals surface area (Å²) < 4.78 is 7.34. The fourth-order valence-electron chi connectivity index (χ4n) is 1.66. The first kappa shape index (κ1) is 9.47. The summed E-state index contributed by atoms with van der Waals surface area (Å²) in [7, 11) is 0. The third kappa shape index (κ3) is 1.32. The zero-order valence-corrected chi connectivity index (χ0v) is 9.28. The third-order valence-electron chi connectivity index (χ3n) is 2.33. The van der Waals surface area contributed by atoms with Crippen molar-refractivity contribution < 1.29 is 4.42 Å². The Labute approximate surface area is 96.0 Å². The van der Waals surface area contributed by atoms with Crippen LogP contribution in [0.2, 0.25) is 0 Å². The Morgan fingerprint density at radius 1 is 1.50 bits per heavy atom.